The molecule has 0 fully saturated rings. The van der Waals surface area contributed by atoms with Crippen molar-refractivity contribution in [3.05, 3.63) is 58.1 Å². The number of nitrogen functional groups attached to an aromatic ring is 1. The largest absolute Gasteiger partial charge is 0.397 e. The fraction of sp³-hybridized carbons (Fsp3) is 0.188. The molecule has 2 rings (SSSR count). The Morgan fingerprint density at radius 2 is 1.86 bits per heavy atom. The molecule has 0 spiro atoms. The van der Waals surface area contributed by atoms with E-state index in [4.69, 9.17) is 17.3 Å². The number of hydrogen-bond donors (Lipinski definition) is 3. The molecule has 0 radical (unpaired) electrons. The fourth-order valence-corrected chi connectivity index (χ4v) is 2.29. The average molecular weight is 304 g/mol. The Hall–Kier alpha value is -2.20. The van der Waals surface area contributed by atoms with Crippen LogP contribution in [0, 0.1) is 13.8 Å². The van der Waals surface area contributed by atoms with Crippen LogP contribution in [0.3, 0.4) is 0 Å². The van der Waals surface area contributed by atoms with E-state index >= 15 is 0 Å². The molecule has 0 saturated heterocycles. The standard InChI is InChI=1S/C16H18ClN3O/c1-10-4-3-5-11(2)13(10)9-19-16(21)20-15-7-6-12(17)8-14(15)18/h3-8H,9,18H2,1-2H3,(H2,19,20,21). The third kappa shape index (κ3) is 3.89. The van der Waals surface area contributed by atoms with Crippen molar-refractivity contribution in [2.24, 2.45) is 0 Å². The number of nitrogens with one attached hydrogen (secondary N) is 2. The minimum absolute atomic E-state index is 0.299. The van der Waals surface area contributed by atoms with Crippen LogP contribution in [0.2, 0.25) is 5.02 Å². The maximum atomic E-state index is 11.9. The third-order valence-electron chi connectivity index (χ3n) is 3.33. The molecule has 4 nitrogen and oxygen atoms in total. The first-order valence-corrected chi connectivity index (χ1v) is 7.00. The second kappa shape index (κ2) is 6.50. The Morgan fingerprint density at radius 3 is 2.48 bits per heavy atom. The van der Waals surface area contributed by atoms with Gasteiger partial charge in [0.1, 0.15) is 0 Å². The molecule has 0 atom stereocenters. The van der Waals surface area contributed by atoms with Crippen molar-refractivity contribution in [2.75, 3.05) is 11.1 Å². The van der Waals surface area contributed by atoms with Crippen LogP contribution in [0.15, 0.2) is 36.4 Å². The number of urea groups is 1. The molecule has 0 bridgehead atoms. The molecule has 0 aromatic heterocycles. The summed E-state index contributed by atoms with van der Waals surface area (Å²) in [4.78, 5) is 11.9. The van der Waals surface area contributed by atoms with Crippen LogP contribution in [-0.2, 0) is 6.54 Å². The first kappa shape index (κ1) is 15.2. The Morgan fingerprint density at radius 1 is 1.19 bits per heavy atom. The average Bonchev–Trinajstić information content (AvgIpc) is 2.41. The van der Waals surface area contributed by atoms with Crippen molar-refractivity contribution >= 4 is 29.0 Å². The number of hydrogen-bond acceptors (Lipinski definition) is 2. The lowest BCUT2D eigenvalue weighted by Crippen LogP contribution is -2.29. The summed E-state index contributed by atoms with van der Waals surface area (Å²) in [5.41, 5.74) is 10.2. The Kier molecular flexibility index (Phi) is 4.70. The van der Waals surface area contributed by atoms with E-state index in [1.54, 1.807) is 18.2 Å². The van der Waals surface area contributed by atoms with E-state index in [1.165, 1.54) is 0 Å². The normalized spacial score (nSPS) is 10.2. The summed E-state index contributed by atoms with van der Waals surface area (Å²) in [5, 5.41) is 6.08. The van der Waals surface area contributed by atoms with Gasteiger partial charge in [-0.2, -0.15) is 0 Å². The number of carbonyl (C=O) groups is 1. The molecule has 0 heterocycles. The summed E-state index contributed by atoms with van der Waals surface area (Å²) >= 11 is 5.82. The van der Waals surface area contributed by atoms with Crippen LogP contribution in [0.4, 0.5) is 16.2 Å². The van der Waals surface area contributed by atoms with Crippen molar-refractivity contribution in [3.8, 4) is 0 Å². The molecule has 2 aromatic carbocycles. The van der Waals surface area contributed by atoms with Gasteiger partial charge in [0, 0.05) is 11.6 Å². The van der Waals surface area contributed by atoms with Crippen molar-refractivity contribution in [3.63, 3.8) is 0 Å². The molecular formula is C16H18ClN3O. The first-order valence-electron chi connectivity index (χ1n) is 6.62. The molecule has 21 heavy (non-hydrogen) atoms. The maximum absolute atomic E-state index is 11.9. The zero-order valence-electron chi connectivity index (χ0n) is 12.0. The molecule has 0 unspecified atom stereocenters. The van der Waals surface area contributed by atoms with Crippen LogP contribution < -0.4 is 16.4 Å². The molecule has 0 saturated carbocycles. The fourth-order valence-electron chi connectivity index (χ4n) is 2.11. The van der Waals surface area contributed by atoms with E-state index in [2.05, 4.69) is 10.6 Å². The van der Waals surface area contributed by atoms with Crippen LogP contribution in [0.25, 0.3) is 0 Å². The second-order valence-electron chi connectivity index (χ2n) is 4.91. The van der Waals surface area contributed by atoms with Crippen LogP contribution >= 0.6 is 11.6 Å². The number of rotatable bonds is 3. The van der Waals surface area contributed by atoms with Crippen LogP contribution in [-0.4, -0.2) is 6.03 Å². The molecule has 0 aliphatic heterocycles. The topological polar surface area (TPSA) is 67.2 Å². The Bertz CT molecular complexity index is 650. The summed E-state index contributed by atoms with van der Waals surface area (Å²) in [6, 6.07) is 10.7. The van der Waals surface area contributed by atoms with Gasteiger partial charge in [-0.15, -0.1) is 0 Å². The molecule has 5 heteroatoms. The van der Waals surface area contributed by atoms with Gasteiger partial charge < -0.3 is 16.4 Å². The van der Waals surface area contributed by atoms with Gasteiger partial charge in [-0.1, -0.05) is 29.8 Å². The third-order valence-corrected chi connectivity index (χ3v) is 3.57. The van der Waals surface area contributed by atoms with Crippen molar-refractivity contribution < 1.29 is 4.79 Å². The van der Waals surface area contributed by atoms with Crippen molar-refractivity contribution in [1.29, 1.82) is 0 Å². The van der Waals surface area contributed by atoms with Gasteiger partial charge in [-0.05, 0) is 48.7 Å². The molecule has 2 aromatic rings. The highest BCUT2D eigenvalue weighted by molar-refractivity contribution is 6.31. The highest BCUT2D eigenvalue weighted by atomic mass is 35.5. The number of benzene rings is 2. The van der Waals surface area contributed by atoms with Gasteiger partial charge in [0.2, 0.25) is 0 Å². The summed E-state index contributed by atoms with van der Waals surface area (Å²) in [5.74, 6) is 0. The summed E-state index contributed by atoms with van der Waals surface area (Å²) in [7, 11) is 0. The van der Waals surface area contributed by atoms with E-state index in [-0.39, 0.29) is 6.03 Å². The van der Waals surface area contributed by atoms with E-state index in [9.17, 15) is 4.79 Å². The van der Waals surface area contributed by atoms with Crippen LogP contribution in [0.5, 0.6) is 0 Å². The minimum atomic E-state index is -0.299. The number of aryl methyl sites for hydroxylation is 2. The number of carbonyl (C=O) groups excluding carboxylic acids is 1. The van der Waals surface area contributed by atoms with Crippen molar-refractivity contribution in [2.45, 2.75) is 20.4 Å². The van der Waals surface area contributed by atoms with E-state index in [0.717, 1.165) is 16.7 Å². The SMILES string of the molecule is Cc1cccc(C)c1CNC(=O)Nc1ccc(Cl)cc1N. The number of anilines is 2. The maximum Gasteiger partial charge on any atom is 0.319 e. The second-order valence-corrected chi connectivity index (χ2v) is 5.35. The summed E-state index contributed by atoms with van der Waals surface area (Å²) < 4.78 is 0. The lowest BCUT2D eigenvalue weighted by atomic mass is 10.0. The lowest BCUT2D eigenvalue weighted by Gasteiger charge is -2.13. The Balaban J connectivity index is 1.99. The number of nitrogens with two attached hydrogens (primary N) is 1. The van der Waals surface area contributed by atoms with E-state index in [1.807, 2.05) is 32.0 Å². The zero-order valence-corrected chi connectivity index (χ0v) is 12.8. The smallest absolute Gasteiger partial charge is 0.319 e. The molecule has 2 amide bonds. The Labute approximate surface area is 129 Å². The molecule has 110 valence electrons. The quantitative estimate of drug-likeness (QED) is 0.754. The molecule has 4 N–H and O–H groups in total. The zero-order chi connectivity index (χ0) is 15.4. The van der Waals surface area contributed by atoms with Gasteiger partial charge in [0.25, 0.3) is 0 Å². The highest BCUT2D eigenvalue weighted by Gasteiger charge is 2.07. The predicted molar refractivity (Wildman–Crippen MR) is 87.6 cm³/mol. The first-order chi connectivity index (χ1) is 9.97. The number of amides is 2. The summed E-state index contributed by atoms with van der Waals surface area (Å²) in [6.07, 6.45) is 0. The van der Waals surface area contributed by atoms with Gasteiger partial charge in [0.15, 0.2) is 0 Å². The predicted octanol–water partition coefficient (Wildman–Crippen LogP) is 3.86. The van der Waals surface area contributed by atoms with Crippen molar-refractivity contribution in [1.82, 2.24) is 5.32 Å². The molecule has 0 aliphatic rings. The monoisotopic (exact) mass is 303 g/mol. The molecular weight excluding hydrogens is 286 g/mol. The summed E-state index contributed by atoms with van der Waals surface area (Å²) in [6.45, 7) is 4.52. The minimum Gasteiger partial charge on any atom is -0.397 e. The van der Waals surface area contributed by atoms with Gasteiger partial charge in [-0.25, -0.2) is 4.79 Å². The van der Waals surface area contributed by atoms with Gasteiger partial charge >= 0.3 is 6.03 Å². The van der Waals surface area contributed by atoms with Gasteiger partial charge in [-0.3, -0.25) is 0 Å². The van der Waals surface area contributed by atoms with E-state index < -0.39 is 0 Å². The highest BCUT2D eigenvalue weighted by Crippen LogP contribution is 2.22. The number of halogens is 1. The molecule has 0 aliphatic carbocycles. The van der Waals surface area contributed by atoms with Gasteiger partial charge in [0.05, 0.1) is 11.4 Å². The van der Waals surface area contributed by atoms with E-state index in [0.29, 0.717) is 22.9 Å². The lowest BCUT2D eigenvalue weighted by molar-refractivity contribution is 0.251. The van der Waals surface area contributed by atoms with Crippen LogP contribution in [0.1, 0.15) is 16.7 Å².